The van der Waals surface area contributed by atoms with Crippen LogP contribution >= 0.6 is 0 Å². The predicted molar refractivity (Wildman–Crippen MR) is 95.6 cm³/mol. The van der Waals surface area contributed by atoms with Crippen molar-refractivity contribution in [3.63, 3.8) is 0 Å². The highest BCUT2D eigenvalue weighted by Gasteiger charge is 2.29. The number of carbonyl (C=O) groups is 1. The number of rotatable bonds is 6. The molecule has 0 radical (unpaired) electrons. The number of aromatic nitrogens is 1. The molecule has 1 aromatic rings. The Kier molecular flexibility index (Phi) is 5.09. The van der Waals surface area contributed by atoms with Gasteiger partial charge in [-0.2, -0.15) is 0 Å². The second-order valence-corrected chi connectivity index (χ2v) is 7.11. The van der Waals surface area contributed by atoms with Crippen LogP contribution in [0.4, 0.5) is 0 Å². The van der Waals surface area contributed by atoms with Gasteiger partial charge in [0.2, 0.25) is 0 Å². The minimum atomic E-state index is -0.188. The molecule has 1 saturated heterocycles. The zero-order chi connectivity index (χ0) is 17.3. The average Bonchev–Trinajstić information content (AvgIpc) is 3.24. The Hall–Kier alpha value is -1.62. The third-order valence-corrected chi connectivity index (χ3v) is 5.40. The first kappa shape index (κ1) is 17.2. The van der Waals surface area contributed by atoms with Gasteiger partial charge in [-0.15, -0.1) is 0 Å². The summed E-state index contributed by atoms with van der Waals surface area (Å²) in [4.78, 5) is 27.6. The number of carbonyl (C=O) groups excluding carboxylic acids is 1. The van der Waals surface area contributed by atoms with Crippen LogP contribution in [0, 0.1) is 6.92 Å². The smallest absolute Gasteiger partial charge is 0.257 e. The largest absolute Gasteiger partial charge is 0.349 e. The minimum absolute atomic E-state index is 0.141. The van der Waals surface area contributed by atoms with Crippen molar-refractivity contribution in [3.8, 4) is 0 Å². The third kappa shape index (κ3) is 3.41. The molecule has 1 aliphatic carbocycles. The number of likely N-dealkylation sites (N-methyl/N-ethyl adjacent to an activating group) is 1. The number of pyridine rings is 1. The zero-order valence-corrected chi connectivity index (χ0v) is 15.1. The maximum Gasteiger partial charge on any atom is 0.257 e. The molecule has 5 heteroatoms. The van der Waals surface area contributed by atoms with Gasteiger partial charge in [0.15, 0.2) is 5.43 Å². The van der Waals surface area contributed by atoms with E-state index in [0.717, 1.165) is 43.9 Å². The lowest BCUT2D eigenvalue weighted by Crippen LogP contribution is -2.37. The number of hydrogen-bond acceptors (Lipinski definition) is 3. The fraction of sp³-hybridized carbons (Fsp3) is 0.684. The van der Waals surface area contributed by atoms with E-state index in [1.54, 1.807) is 6.07 Å². The molecule has 132 valence electrons. The number of amides is 1. The Balaban J connectivity index is 1.95. The van der Waals surface area contributed by atoms with Gasteiger partial charge in [-0.1, -0.05) is 13.8 Å². The second-order valence-electron chi connectivity index (χ2n) is 7.11. The zero-order valence-electron chi connectivity index (χ0n) is 15.1. The normalized spacial score (nSPS) is 21.2. The van der Waals surface area contributed by atoms with Crippen LogP contribution in [0.3, 0.4) is 0 Å². The Morgan fingerprint density at radius 3 is 2.67 bits per heavy atom. The van der Waals surface area contributed by atoms with Gasteiger partial charge >= 0.3 is 0 Å². The molecule has 5 nitrogen and oxygen atoms in total. The molecule has 0 spiro atoms. The molecule has 2 heterocycles. The van der Waals surface area contributed by atoms with E-state index >= 15 is 0 Å². The molecule has 1 atom stereocenters. The van der Waals surface area contributed by atoms with Crippen LogP contribution < -0.4 is 10.7 Å². The lowest BCUT2D eigenvalue weighted by atomic mass is 10.1. The van der Waals surface area contributed by atoms with Gasteiger partial charge in [0.25, 0.3) is 5.91 Å². The van der Waals surface area contributed by atoms with Gasteiger partial charge in [0.1, 0.15) is 5.56 Å². The lowest BCUT2D eigenvalue weighted by Gasteiger charge is -2.27. The standard InChI is InChI=1S/C19H29N3O2/c1-4-16-18(19(24)20-14-8-9-14)17(23)11-13(3)22(16)12-15-7-6-10-21(15)5-2/h11,14-15H,4-10,12H2,1-3H3,(H,20,24). The van der Waals surface area contributed by atoms with Crippen molar-refractivity contribution < 1.29 is 4.79 Å². The first-order valence-electron chi connectivity index (χ1n) is 9.33. The van der Waals surface area contributed by atoms with E-state index in [4.69, 9.17) is 0 Å². The Morgan fingerprint density at radius 2 is 2.04 bits per heavy atom. The summed E-state index contributed by atoms with van der Waals surface area (Å²) < 4.78 is 2.21. The highest BCUT2D eigenvalue weighted by Crippen LogP contribution is 2.22. The minimum Gasteiger partial charge on any atom is -0.349 e. The summed E-state index contributed by atoms with van der Waals surface area (Å²) in [5.74, 6) is -0.188. The van der Waals surface area contributed by atoms with Crippen LogP contribution in [0.25, 0.3) is 0 Å². The van der Waals surface area contributed by atoms with Crippen LogP contribution in [0.1, 0.15) is 61.3 Å². The maximum atomic E-state index is 12.6. The van der Waals surface area contributed by atoms with Crippen molar-refractivity contribution in [3.05, 3.63) is 33.2 Å². The van der Waals surface area contributed by atoms with Gasteiger partial charge in [-0.05, 0) is 52.1 Å². The average molecular weight is 331 g/mol. The summed E-state index contributed by atoms with van der Waals surface area (Å²) in [5.41, 5.74) is 2.07. The van der Waals surface area contributed by atoms with Gasteiger partial charge < -0.3 is 9.88 Å². The van der Waals surface area contributed by atoms with Crippen molar-refractivity contribution in [2.24, 2.45) is 0 Å². The quantitative estimate of drug-likeness (QED) is 0.868. The van der Waals surface area contributed by atoms with E-state index < -0.39 is 0 Å². The van der Waals surface area contributed by atoms with E-state index in [0.29, 0.717) is 18.0 Å². The molecule has 2 aliphatic rings. The maximum absolute atomic E-state index is 12.6. The number of likely N-dealkylation sites (tertiary alicyclic amines) is 1. The molecule has 1 aromatic heterocycles. The SMILES string of the molecule is CCc1c(C(=O)NC2CC2)c(=O)cc(C)n1CC1CCCN1CC. The first-order valence-corrected chi connectivity index (χ1v) is 9.33. The first-order chi connectivity index (χ1) is 11.5. The molecular weight excluding hydrogens is 302 g/mol. The fourth-order valence-corrected chi connectivity index (χ4v) is 3.91. The molecule has 1 unspecified atom stereocenters. The van der Waals surface area contributed by atoms with Gasteiger partial charge in [0.05, 0.1) is 0 Å². The molecule has 24 heavy (non-hydrogen) atoms. The molecule has 2 fully saturated rings. The Labute approximate surface area is 144 Å². The Bertz CT molecular complexity index is 676. The van der Waals surface area contributed by atoms with E-state index in [9.17, 15) is 9.59 Å². The third-order valence-electron chi connectivity index (χ3n) is 5.40. The van der Waals surface area contributed by atoms with E-state index in [-0.39, 0.29) is 17.4 Å². The summed E-state index contributed by atoms with van der Waals surface area (Å²) in [5, 5.41) is 2.98. The number of nitrogens with zero attached hydrogens (tertiary/aromatic N) is 2. The van der Waals surface area contributed by atoms with E-state index in [1.807, 2.05) is 13.8 Å². The molecule has 1 amide bonds. The van der Waals surface area contributed by atoms with Crippen molar-refractivity contribution in [1.29, 1.82) is 0 Å². The van der Waals surface area contributed by atoms with Crippen LogP contribution in [0.15, 0.2) is 10.9 Å². The summed E-state index contributed by atoms with van der Waals surface area (Å²) in [6.07, 6.45) is 5.17. The van der Waals surface area contributed by atoms with Crippen molar-refractivity contribution in [2.45, 2.75) is 71.5 Å². The summed E-state index contributed by atoms with van der Waals surface area (Å²) >= 11 is 0. The van der Waals surface area contributed by atoms with Crippen LogP contribution in [0.2, 0.25) is 0 Å². The number of aryl methyl sites for hydroxylation is 1. The highest BCUT2D eigenvalue weighted by molar-refractivity contribution is 5.95. The highest BCUT2D eigenvalue weighted by atomic mass is 16.2. The van der Waals surface area contributed by atoms with Gasteiger partial charge in [-0.25, -0.2) is 0 Å². The Morgan fingerprint density at radius 1 is 1.29 bits per heavy atom. The van der Waals surface area contributed by atoms with Gasteiger partial charge in [0, 0.05) is 36.1 Å². The number of nitrogens with one attached hydrogen (secondary N) is 1. The van der Waals surface area contributed by atoms with Crippen molar-refractivity contribution in [1.82, 2.24) is 14.8 Å². The molecule has 1 saturated carbocycles. The predicted octanol–water partition coefficient (Wildman–Crippen LogP) is 2.10. The summed E-state index contributed by atoms with van der Waals surface area (Å²) in [6.45, 7) is 9.29. The number of hydrogen-bond donors (Lipinski definition) is 1. The van der Waals surface area contributed by atoms with E-state index in [1.165, 1.54) is 12.8 Å². The lowest BCUT2D eigenvalue weighted by molar-refractivity contribution is 0.0947. The molecule has 0 bridgehead atoms. The molecule has 3 rings (SSSR count). The summed E-state index contributed by atoms with van der Waals surface area (Å²) in [6, 6.07) is 2.40. The second kappa shape index (κ2) is 7.09. The van der Waals surface area contributed by atoms with Crippen molar-refractivity contribution in [2.75, 3.05) is 13.1 Å². The summed E-state index contributed by atoms with van der Waals surface area (Å²) in [7, 11) is 0. The van der Waals surface area contributed by atoms with Crippen LogP contribution in [-0.2, 0) is 13.0 Å². The monoisotopic (exact) mass is 331 g/mol. The van der Waals surface area contributed by atoms with Crippen LogP contribution in [0.5, 0.6) is 0 Å². The van der Waals surface area contributed by atoms with Crippen LogP contribution in [-0.4, -0.2) is 40.5 Å². The topological polar surface area (TPSA) is 54.3 Å². The van der Waals surface area contributed by atoms with Crippen molar-refractivity contribution >= 4 is 5.91 Å². The molecule has 1 aliphatic heterocycles. The van der Waals surface area contributed by atoms with Gasteiger partial charge in [-0.3, -0.25) is 14.5 Å². The fourth-order valence-electron chi connectivity index (χ4n) is 3.91. The molecule has 1 N–H and O–H groups in total. The molecule has 0 aromatic carbocycles. The van der Waals surface area contributed by atoms with E-state index in [2.05, 4.69) is 21.7 Å². The molecular formula is C19H29N3O2.